The smallest absolute Gasteiger partial charge is 0.203 e. The van der Waals surface area contributed by atoms with Gasteiger partial charge in [0.2, 0.25) is 5.75 Å². The van der Waals surface area contributed by atoms with E-state index < -0.39 is 0 Å². The van der Waals surface area contributed by atoms with Gasteiger partial charge in [0.1, 0.15) is 0 Å². The van der Waals surface area contributed by atoms with Crippen LogP contribution in [-0.2, 0) is 6.42 Å². The van der Waals surface area contributed by atoms with E-state index in [1.807, 2.05) is 36.7 Å². The number of nitrogens with zero attached hydrogens (tertiary/aromatic N) is 1. The van der Waals surface area contributed by atoms with Gasteiger partial charge >= 0.3 is 0 Å². The van der Waals surface area contributed by atoms with E-state index in [1.54, 1.807) is 35.5 Å². The van der Waals surface area contributed by atoms with E-state index in [4.69, 9.17) is 23.7 Å². The summed E-state index contributed by atoms with van der Waals surface area (Å²) in [5, 5.41) is 2.04. The van der Waals surface area contributed by atoms with Gasteiger partial charge in [-0.25, -0.2) is 0 Å². The van der Waals surface area contributed by atoms with E-state index in [0.29, 0.717) is 35.2 Å². The Balaban J connectivity index is 2.09. The summed E-state index contributed by atoms with van der Waals surface area (Å²) in [6, 6.07) is 7.80. The van der Waals surface area contributed by atoms with Crippen LogP contribution in [0.15, 0.2) is 36.7 Å². The molecule has 0 atom stereocenters. The third-order valence-electron chi connectivity index (χ3n) is 4.46. The number of hydrogen-bond donors (Lipinski definition) is 0. The largest absolute Gasteiger partial charge is 0.493 e. The van der Waals surface area contributed by atoms with Crippen molar-refractivity contribution in [3.05, 3.63) is 47.8 Å². The first-order chi connectivity index (χ1) is 13.1. The van der Waals surface area contributed by atoms with Crippen LogP contribution in [0.4, 0.5) is 0 Å². The summed E-state index contributed by atoms with van der Waals surface area (Å²) in [7, 11) is 8.06. The molecule has 6 nitrogen and oxygen atoms in total. The van der Waals surface area contributed by atoms with Crippen molar-refractivity contribution >= 4 is 10.8 Å². The van der Waals surface area contributed by atoms with Gasteiger partial charge in [0, 0.05) is 17.8 Å². The Labute approximate surface area is 158 Å². The van der Waals surface area contributed by atoms with Gasteiger partial charge < -0.3 is 23.7 Å². The SMILES string of the molecule is COc1cc2cncc(Cc3cc(OC)c(OC)c(OC)c3)c2cc1OC. The summed E-state index contributed by atoms with van der Waals surface area (Å²) >= 11 is 0. The molecule has 0 saturated carbocycles. The molecule has 0 aliphatic rings. The molecule has 6 heteroatoms. The Morgan fingerprint density at radius 3 is 1.81 bits per heavy atom. The molecule has 0 aliphatic carbocycles. The van der Waals surface area contributed by atoms with Crippen LogP contribution in [-0.4, -0.2) is 40.5 Å². The molecule has 142 valence electrons. The van der Waals surface area contributed by atoms with E-state index in [9.17, 15) is 0 Å². The molecule has 0 bridgehead atoms. The number of benzene rings is 2. The van der Waals surface area contributed by atoms with Crippen LogP contribution >= 0.6 is 0 Å². The predicted molar refractivity (Wildman–Crippen MR) is 104 cm³/mol. The standard InChI is InChI=1S/C21H23NO5/c1-23-17-9-15-12-22-11-14(16(15)10-18(17)24-2)6-13-7-19(25-3)21(27-5)20(8-13)26-4/h7-12H,6H2,1-5H3. The fraction of sp³-hybridized carbons (Fsp3) is 0.286. The van der Waals surface area contributed by atoms with Gasteiger partial charge in [0.05, 0.1) is 35.5 Å². The third kappa shape index (κ3) is 3.56. The van der Waals surface area contributed by atoms with Gasteiger partial charge in [0.15, 0.2) is 23.0 Å². The van der Waals surface area contributed by atoms with E-state index in [-0.39, 0.29) is 0 Å². The zero-order chi connectivity index (χ0) is 19.4. The Morgan fingerprint density at radius 2 is 1.26 bits per heavy atom. The van der Waals surface area contributed by atoms with Crippen LogP contribution in [0.3, 0.4) is 0 Å². The average Bonchev–Trinajstić information content (AvgIpc) is 2.72. The van der Waals surface area contributed by atoms with Crippen LogP contribution in [0.1, 0.15) is 11.1 Å². The lowest BCUT2D eigenvalue weighted by molar-refractivity contribution is 0.324. The number of aromatic nitrogens is 1. The number of hydrogen-bond acceptors (Lipinski definition) is 6. The molecule has 0 radical (unpaired) electrons. The zero-order valence-corrected chi connectivity index (χ0v) is 16.2. The Bertz CT molecular complexity index is 930. The maximum absolute atomic E-state index is 5.45. The maximum Gasteiger partial charge on any atom is 0.203 e. The Hall–Kier alpha value is -3.15. The second-order valence-corrected chi connectivity index (χ2v) is 5.94. The van der Waals surface area contributed by atoms with Crippen molar-refractivity contribution in [3.63, 3.8) is 0 Å². The summed E-state index contributed by atoms with van der Waals surface area (Å²) in [4.78, 5) is 4.38. The summed E-state index contributed by atoms with van der Waals surface area (Å²) in [6.07, 6.45) is 4.32. The highest BCUT2D eigenvalue weighted by Crippen LogP contribution is 2.39. The number of ether oxygens (including phenoxy) is 5. The molecule has 0 fully saturated rings. The predicted octanol–water partition coefficient (Wildman–Crippen LogP) is 3.87. The van der Waals surface area contributed by atoms with Gasteiger partial charge in [-0.1, -0.05) is 0 Å². The Kier molecular flexibility index (Phi) is 5.54. The van der Waals surface area contributed by atoms with Gasteiger partial charge in [-0.3, -0.25) is 4.98 Å². The van der Waals surface area contributed by atoms with Crippen molar-refractivity contribution in [2.75, 3.05) is 35.5 Å². The molecule has 0 aliphatic heterocycles. The molecule has 0 N–H and O–H groups in total. The summed E-state index contributed by atoms with van der Waals surface area (Å²) in [6.45, 7) is 0. The van der Waals surface area contributed by atoms with E-state index in [2.05, 4.69) is 4.98 Å². The quantitative estimate of drug-likeness (QED) is 0.630. The number of pyridine rings is 1. The highest BCUT2D eigenvalue weighted by atomic mass is 16.5. The molecule has 0 unspecified atom stereocenters. The topological polar surface area (TPSA) is 59.0 Å². The van der Waals surface area contributed by atoms with E-state index in [0.717, 1.165) is 21.9 Å². The summed E-state index contributed by atoms with van der Waals surface area (Å²) in [5.74, 6) is 3.18. The highest BCUT2D eigenvalue weighted by Gasteiger charge is 2.15. The van der Waals surface area contributed by atoms with Crippen LogP contribution < -0.4 is 23.7 Å². The molecule has 0 saturated heterocycles. The van der Waals surface area contributed by atoms with Crippen LogP contribution in [0, 0.1) is 0 Å². The summed E-state index contributed by atoms with van der Waals surface area (Å²) < 4.78 is 27.1. The van der Waals surface area contributed by atoms with Crippen LogP contribution in [0.5, 0.6) is 28.7 Å². The second kappa shape index (κ2) is 8.03. The third-order valence-corrected chi connectivity index (χ3v) is 4.46. The van der Waals surface area contributed by atoms with Crippen molar-refractivity contribution in [2.45, 2.75) is 6.42 Å². The fourth-order valence-electron chi connectivity index (χ4n) is 3.15. The molecule has 3 rings (SSSR count). The number of methoxy groups -OCH3 is 5. The minimum Gasteiger partial charge on any atom is -0.493 e. The first-order valence-electron chi connectivity index (χ1n) is 8.42. The molecule has 0 amide bonds. The first-order valence-corrected chi connectivity index (χ1v) is 8.42. The van der Waals surface area contributed by atoms with Gasteiger partial charge in [0.25, 0.3) is 0 Å². The van der Waals surface area contributed by atoms with Crippen molar-refractivity contribution in [2.24, 2.45) is 0 Å². The van der Waals surface area contributed by atoms with Gasteiger partial charge in [-0.2, -0.15) is 0 Å². The monoisotopic (exact) mass is 369 g/mol. The lowest BCUT2D eigenvalue weighted by Gasteiger charge is -2.15. The first kappa shape index (κ1) is 18.6. The lowest BCUT2D eigenvalue weighted by atomic mass is 10.00. The fourth-order valence-corrected chi connectivity index (χ4v) is 3.15. The van der Waals surface area contributed by atoms with Crippen molar-refractivity contribution in [1.29, 1.82) is 0 Å². The van der Waals surface area contributed by atoms with E-state index in [1.165, 1.54) is 0 Å². The van der Waals surface area contributed by atoms with E-state index >= 15 is 0 Å². The van der Waals surface area contributed by atoms with Crippen LogP contribution in [0.25, 0.3) is 10.8 Å². The molecule has 27 heavy (non-hydrogen) atoms. The van der Waals surface area contributed by atoms with Crippen molar-refractivity contribution in [3.8, 4) is 28.7 Å². The molecule has 3 aromatic rings. The molecule has 1 heterocycles. The van der Waals surface area contributed by atoms with Gasteiger partial charge in [-0.05, 0) is 47.2 Å². The minimum atomic E-state index is 0.575. The molecule has 2 aromatic carbocycles. The number of rotatable bonds is 7. The molecular formula is C21H23NO5. The van der Waals surface area contributed by atoms with Crippen molar-refractivity contribution < 1.29 is 23.7 Å². The molecular weight excluding hydrogens is 346 g/mol. The zero-order valence-electron chi connectivity index (χ0n) is 16.2. The lowest BCUT2D eigenvalue weighted by Crippen LogP contribution is -1.99. The maximum atomic E-state index is 5.45. The Morgan fingerprint density at radius 1 is 0.667 bits per heavy atom. The highest BCUT2D eigenvalue weighted by molar-refractivity contribution is 5.88. The second-order valence-electron chi connectivity index (χ2n) is 5.94. The van der Waals surface area contributed by atoms with Crippen LogP contribution in [0.2, 0.25) is 0 Å². The summed E-state index contributed by atoms with van der Waals surface area (Å²) in [5.41, 5.74) is 2.08. The van der Waals surface area contributed by atoms with Gasteiger partial charge in [-0.15, -0.1) is 0 Å². The normalized spacial score (nSPS) is 10.6. The number of fused-ring (bicyclic) bond motifs is 1. The minimum absolute atomic E-state index is 0.575. The molecule has 0 spiro atoms. The van der Waals surface area contributed by atoms with Crippen molar-refractivity contribution in [1.82, 2.24) is 4.98 Å². The average molecular weight is 369 g/mol. The molecule has 1 aromatic heterocycles.